The van der Waals surface area contributed by atoms with Crippen LogP contribution in [0.5, 0.6) is 0 Å². The maximum absolute atomic E-state index is 12.0. The zero-order chi connectivity index (χ0) is 8.91. The summed E-state index contributed by atoms with van der Waals surface area (Å²) in [5.74, 6) is -4.82. The van der Waals surface area contributed by atoms with E-state index in [2.05, 4.69) is 11.3 Å². The quantitative estimate of drug-likeness (QED) is 0.471. The number of halogens is 3. The van der Waals surface area contributed by atoms with Crippen molar-refractivity contribution >= 4 is 5.97 Å². The monoisotopic (exact) mass is 168 g/mol. The summed E-state index contributed by atoms with van der Waals surface area (Å²) in [5, 5.41) is 0. The van der Waals surface area contributed by atoms with Crippen LogP contribution in [0.25, 0.3) is 0 Å². The second-order valence-corrected chi connectivity index (χ2v) is 1.82. The number of esters is 1. The summed E-state index contributed by atoms with van der Waals surface area (Å²) >= 11 is 0. The third kappa shape index (κ3) is 4.41. The van der Waals surface area contributed by atoms with E-state index in [1.165, 1.54) is 0 Å². The number of alkyl halides is 3. The molecule has 64 valence electrons. The average Bonchev–Trinajstić information content (AvgIpc) is 1.87. The first-order chi connectivity index (χ1) is 5.02. The van der Waals surface area contributed by atoms with Crippen LogP contribution in [-0.4, -0.2) is 18.6 Å². The minimum absolute atomic E-state index is 0.719. The van der Waals surface area contributed by atoms with Crippen molar-refractivity contribution in [2.45, 2.75) is 12.3 Å². The van der Waals surface area contributed by atoms with Gasteiger partial charge in [0, 0.05) is 0 Å². The second-order valence-electron chi connectivity index (χ2n) is 1.82. The highest BCUT2D eigenvalue weighted by molar-refractivity contribution is 5.70. The predicted octanol–water partition coefficient (Wildman–Crippen LogP) is 1.67. The molecule has 0 unspecified atom stereocenters. The van der Waals surface area contributed by atoms with Crippen LogP contribution in [0.4, 0.5) is 13.2 Å². The highest BCUT2D eigenvalue weighted by Crippen LogP contribution is 2.19. The van der Waals surface area contributed by atoms with Gasteiger partial charge in [0.15, 0.2) is 6.67 Å². The number of rotatable bonds is 4. The molecule has 0 aliphatic heterocycles. The van der Waals surface area contributed by atoms with Crippen LogP contribution in [0.15, 0.2) is 12.8 Å². The molecule has 0 atom stereocenters. The summed E-state index contributed by atoms with van der Waals surface area (Å²) in [6.45, 7) is 1.11. The Bertz CT molecular complexity index is 156. The Labute approximate surface area is 61.6 Å². The van der Waals surface area contributed by atoms with Crippen LogP contribution in [-0.2, 0) is 9.53 Å². The molecule has 11 heavy (non-hydrogen) atoms. The van der Waals surface area contributed by atoms with Crippen molar-refractivity contribution < 1.29 is 22.7 Å². The van der Waals surface area contributed by atoms with Crippen LogP contribution in [0.2, 0.25) is 0 Å². The smallest absolute Gasteiger partial charge is 0.316 e. The van der Waals surface area contributed by atoms with Gasteiger partial charge in [-0.25, -0.2) is 13.2 Å². The van der Waals surface area contributed by atoms with Gasteiger partial charge in [0.1, 0.15) is 6.42 Å². The number of hydrogen-bond donors (Lipinski definition) is 0. The first-order valence-electron chi connectivity index (χ1n) is 2.76. The van der Waals surface area contributed by atoms with E-state index < -0.39 is 25.0 Å². The summed E-state index contributed by atoms with van der Waals surface area (Å²) in [6, 6.07) is 0. The number of ether oxygens (including phenoxy) is 1. The number of carbonyl (C=O) groups is 1. The fourth-order valence-electron chi connectivity index (χ4n) is 0.393. The maximum Gasteiger partial charge on any atom is 0.316 e. The highest BCUT2D eigenvalue weighted by atomic mass is 19.3. The van der Waals surface area contributed by atoms with Gasteiger partial charge >= 0.3 is 5.97 Å². The van der Waals surface area contributed by atoms with Gasteiger partial charge in [-0.05, 0) is 0 Å². The van der Waals surface area contributed by atoms with E-state index in [0.717, 1.165) is 6.26 Å². The lowest BCUT2D eigenvalue weighted by molar-refractivity contribution is -0.146. The molecule has 0 aliphatic carbocycles. The molecule has 0 aliphatic rings. The van der Waals surface area contributed by atoms with Gasteiger partial charge in [-0.3, -0.25) is 4.79 Å². The minimum Gasteiger partial charge on any atom is -0.435 e. The second kappa shape index (κ2) is 4.00. The van der Waals surface area contributed by atoms with Gasteiger partial charge in [0.05, 0.1) is 6.26 Å². The molecule has 0 bridgehead atoms. The van der Waals surface area contributed by atoms with E-state index in [-0.39, 0.29) is 0 Å². The first kappa shape index (κ1) is 10.0. The number of hydrogen-bond acceptors (Lipinski definition) is 2. The van der Waals surface area contributed by atoms with E-state index in [1.54, 1.807) is 0 Å². The fraction of sp³-hybridized carbons (Fsp3) is 0.500. The minimum atomic E-state index is -3.62. The molecule has 0 aromatic rings. The maximum atomic E-state index is 12.0. The number of carbonyl (C=O) groups excluding carboxylic acids is 1. The Balaban J connectivity index is 3.82. The van der Waals surface area contributed by atoms with Gasteiger partial charge in [-0.2, -0.15) is 0 Å². The van der Waals surface area contributed by atoms with E-state index in [0.29, 0.717) is 0 Å². The molecule has 0 saturated carbocycles. The van der Waals surface area contributed by atoms with Gasteiger partial charge in [-0.1, -0.05) is 6.58 Å². The molecule has 0 N–H and O–H groups in total. The fourth-order valence-corrected chi connectivity index (χ4v) is 0.393. The Morgan fingerprint density at radius 2 is 2.18 bits per heavy atom. The van der Waals surface area contributed by atoms with E-state index in [1.807, 2.05) is 0 Å². The van der Waals surface area contributed by atoms with Gasteiger partial charge in [-0.15, -0.1) is 0 Å². The standard InChI is InChI=1S/C6H7F3O2/c1-2-11-5(10)3-6(8,9)4-7/h2H,1,3-4H2. The van der Waals surface area contributed by atoms with Crippen LogP contribution in [0.3, 0.4) is 0 Å². The Morgan fingerprint density at radius 3 is 2.55 bits per heavy atom. The van der Waals surface area contributed by atoms with Crippen molar-refractivity contribution in [3.05, 3.63) is 12.8 Å². The third-order valence-electron chi connectivity index (χ3n) is 0.813. The largest absolute Gasteiger partial charge is 0.435 e. The lowest BCUT2D eigenvalue weighted by Gasteiger charge is -2.08. The molecule has 0 rings (SSSR count). The van der Waals surface area contributed by atoms with Crippen molar-refractivity contribution in [2.75, 3.05) is 6.67 Å². The molecule has 0 aromatic carbocycles. The molecule has 0 amide bonds. The summed E-state index contributed by atoms with van der Waals surface area (Å²) in [6.07, 6.45) is -0.536. The zero-order valence-corrected chi connectivity index (χ0v) is 5.65. The molecule has 5 heteroatoms. The normalized spacial score (nSPS) is 10.8. The molecular formula is C6H7F3O2. The van der Waals surface area contributed by atoms with Gasteiger partial charge in [0.2, 0.25) is 0 Å². The molecule has 0 fully saturated rings. The van der Waals surface area contributed by atoms with E-state index >= 15 is 0 Å². The molecule has 0 spiro atoms. The topological polar surface area (TPSA) is 26.3 Å². The molecule has 0 aromatic heterocycles. The van der Waals surface area contributed by atoms with Crippen molar-refractivity contribution in [1.29, 1.82) is 0 Å². The molecular weight excluding hydrogens is 161 g/mol. The van der Waals surface area contributed by atoms with E-state index in [4.69, 9.17) is 0 Å². The lowest BCUT2D eigenvalue weighted by Crippen LogP contribution is -2.23. The van der Waals surface area contributed by atoms with Gasteiger partial charge < -0.3 is 4.74 Å². The van der Waals surface area contributed by atoms with Crippen molar-refractivity contribution in [1.82, 2.24) is 0 Å². The predicted molar refractivity (Wildman–Crippen MR) is 31.8 cm³/mol. The summed E-state index contributed by atoms with van der Waals surface area (Å²) in [5.41, 5.74) is 0. The lowest BCUT2D eigenvalue weighted by atomic mass is 10.3. The SMILES string of the molecule is C=COC(=O)CC(F)(F)CF. The van der Waals surface area contributed by atoms with Crippen LogP contribution < -0.4 is 0 Å². The summed E-state index contributed by atoms with van der Waals surface area (Å²) in [7, 11) is 0. The van der Waals surface area contributed by atoms with Crippen molar-refractivity contribution in [3.8, 4) is 0 Å². The van der Waals surface area contributed by atoms with Crippen LogP contribution >= 0.6 is 0 Å². The first-order valence-corrected chi connectivity index (χ1v) is 2.76. The average molecular weight is 168 g/mol. The Hall–Kier alpha value is -1.00. The third-order valence-corrected chi connectivity index (χ3v) is 0.813. The van der Waals surface area contributed by atoms with Crippen LogP contribution in [0.1, 0.15) is 6.42 Å². The summed E-state index contributed by atoms with van der Waals surface area (Å²) in [4.78, 5) is 10.3. The molecule has 0 saturated heterocycles. The van der Waals surface area contributed by atoms with Gasteiger partial charge in [0.25, 0.3) is 5.92 Å². The summed E-state index contributed by atoms with van der Waals surface area (Å²) < 4.78 is 39.4. The Morgan fingerprint density at radius 1 is 1.64 bits per heavy atom. The van der Waals surface area contributed by atoms with Crippen molar-refractivity contribution in [3.63, 3.8) is 0 Å². The Kier molecular flexibility index (Phi) is 3.64. The molecule has 0 heterocycles. The van der Waals surface area contributed by atoms with Crippen LogP contribution in [0, 0.1) is 0 Å². The highest BCUT2D eigenvalue weighted by Gasteiger charge is 2.32. The van der Waals surface area contributed by atoms with E-state index in [9.17, 15) is 18.0 Å². The molecule has 0 radical (unpaired) electrons. The van der Waals surface area contributed by atoms with Crippen molar-refractivity contribution in [2.24, 2.45) is 0 Å². The molecule has 2 nitrogen and oxygen atoms in total. The zero-order valence-electron chi connectivity index (χ0n) is 5.65.